The molecule has 1 aromatic carbocycles. The fourth-order valence-corrected chi connectivity index (χ4v) is 2.47. The lowest BCUT2D eigenvalue weighted by Gasteiger charge is -2.09. The average Bonchev–Trinajstić information content (AvgIpc) is 2.72. The van der Waals surface area contributed by atoms with Crippen LogP contribution in [0.2, 0.25) is 0 Å². The van der Waals surface area contributed by atoms with Crippen LogP contribution in [0.15, 0.2) is 54.7 Å². The van der Waals surface area contributed by atoms with Crippen molar-refractivity contribution in [1.29, 1.82) is 0 Å². The van der Waals surface area contributed by atoms with Gasteiger partial charge in [-0.2, -0.15) is 0 Å². The number of carbonyl (C=O) groups is 2. The van der Waals surface area contributed by atoms with Gasteiger partial charge in [-0.1, -0.05) is 12.1 Å². The first-order valence-electron chi connectivity index (χ1n) is 8.54. The number of methoxy groups -OCH3 is 1. The maximum atomic E-state index is 12.6. The van der Waals surface area contributed by atoms with E-state index in [1.54, 1.807) is 37.4 Å². The van der Waals surface area contributed by atoms with E-state index in [9.17, 15) is 9.59 Å². The fraction of sp³-hybridized carbons (Fsp3) is 0.150. The Morgan fingerprint density at radius 1 is 1.07 bits per heavy atom. The Labute approximate surface area is 162 Å². The SMILES string of the molecule is COC(=O)c1cccc(NC(=O)c2cc(C)nc(NCc3ccccn3)n2)c1. The minimum absolute atomic E-state index is 0.208. The Hall–Kier alpha value is -3.81. The quantitative estimate of drug-likeness (QED) is 0.636. The number of aryl methyl sites for hydroxylation is 1. The molecular formula is C20H19N5O3. The van der Waals surface area contributed by atoms with Crippen molar-refractivity contribution in [2.24, 2.45) is 0 Å². The highest BCUT2D eigenvalue weighted by molar-refractivity contribution is 6.03. The Bertz CT molecular complexity index is 992. The fourth-order valence-electron chi connectivity index (χ4n) is 2.47. The highest BCUT2D eigenvalue weighted by atomic mass is 16.5. The Kier molecular flexibility index (Phi) is 5.91. The first-order valence-corrected chi connectivity index (χ1v) is 8.54. The van der Waals surface area contributed by atoms with Gasteiger partial charge in [0.15, 0.2) is 0 Å². The summed E-state index contributed by atoms with van der Waals surface area (Å²) in [6.45, 7) is 2.22. The van der Waals surface area contributed by atoms with Gasteiger partial charge in [-0.05, 0) is 43.3 Å². The number of aromatic nitrogens is 3. The van der Waals surface area contributed by atoms with Crippen LogP contribution >= 0.6 is 0 Å². The van der Waals surface area contributed by atoms with Gasteiger partial charge in [-0.3, -0.25) is 9.78 Å². The molecule has 0 saturated carbocycles. The predicted octanol–water partition coefficient (Wildman–Crippen LogP) is 2.83. The molecule has 3 aromatic rings. The molecule has 0 aliphatic rings. The Morgan fingerprint density at radius 2 is 1.93 bits per heavy atom. The maximum absolute atomic E-state index is 12.6. The molecular weight excluding hydrogens is 358 g/mol. The summed E-state index contributed by atoms with van der Waals surface area (Å²) >= 11 is 0. The van der Waals surface area contributed by atoms with Crippen molar-refractivity contribution in [1.82, 2.24) is 15.0 Å². The third-order valence-corrected chi connectivity index (χ3v) is 3.78. The van der Waals surface area contributed by atoms with E-state index in [-0.39, 0.29) is 5.69 Å². The van der Waals surface area contributed by atoms with Gasteiger partial charge in [0.05, 0.1) is 24.9 Å². The van der Waals surface area contributed by atoms with Gasteiger partial charge in [-0.15, -0.1) is 0 Å². The normalized spacial score (nSPS) is 10.2. The number of nitrogens with zero attached hydrogens (tertiary/aromatic N) is 3. The first-order chi connectivity index (χ1) is 13.5. The number of hydrogen-bond acceptors (Lipinski definition) is 7. The van der Waals surface area contributed by atoms with Crippen molar-refractivity contribution >= 4 is 23.5 Å². The monoisotopic (exact) mass is 377 g/mol. The number of nitrogens with one attached hydrogen (secondary N) is 2. The van der Waals surface area contributed by atoms with Crippen LogP contribution in [-0.4, -0.2) is 33.9 Å². The molecule has 0 aliphatic heterocycles. The van der Waals surface area contributed by atoms with Gasteiger partial charge in [0.1, 0.15) is 5.69 Å². The molecule has 0 aliphatic carbocycles. The van der Waals surface area contributed by atoms with Crippen molar-refractivity contribution < 1.29 is 14.3 Å². The number of rotatable bonds is 6. The van der Waals surface area contributed by atoms with E-state index in [1.807, 2.05) is 18.2 Å². The summed E-state index contributed by atoms with van der Waals surface area (Å²) in [6.07, 6.45) is 1.70. The zero-order chi connectivity index (χ0) is 19.9. The van der Waals surface area contributed by atoms with Crippen molar-refractivity contribution in [3.63, 3.8) is 0 Å². The van der Waals surface area contributed by atoms with Gasteiger partial charge >= 0.3 is 5.97 Å². The van der Waals surface area contributed by atoms with E-state index in [1.165, 1.54) is 13.2 Å². The second kappa shape index (κ2) is 8.72. The van der Waals surface area contributed by atoms with E-state index in [0.29, 0.717) is 29.4 Å². The summed E-state index contributed by atoms with van der Waals surface area (Å²) in [5.74, 6) is -0.553. The van der Waals surface area contributed by atoms with Gasteiger partial charge in [0, 0.05) is 17.6 Å². The molecule has 8 heteroatoms. The smallest absolute Gasteiger partial charge is 0.337 e. The molecule has 2 N–H and O–H groups in total. The van der Waals surface area contributed by atoms with Crippen LogP contribution in [0.1, 0.15) is 32.2 Å². The molecule has 3 rings (SSSR count). The van der Waals surface area contributed by atoms with Crippen molar-refractivity contribution in [3.05, 3.63) is 77.4 Å². The molecule has 8 nitrogen and oxygen atoms in total. The van der Waals surface area contributed by atoms with Crippen LogP contribution in [0.5, 0.6) is 0 Å². The van der Waals surface area contributed by atoms with E-state index >= 15 is 0 Å². The second-order valence-electron chi connectivity index (χ2n) is 5.92. The standard InChI is InChI=1S/C20H19N5O3/c1-13-10-17(25-20(23-13)22-12-16-7-3-4-9-21-16)18(26)24-15-8-5-6-14(11-15)19(27)28-2/h3-11H,12H2,1-2H3,(H,24,26)(H,22,23,25). The summed E-state index contributed by atoms with van der Waals surface area (Å²) in [5, 5.41) is 5.80. The molecule has 0 radical (unpaired) electrons. The number of benzene rings is 1. The third kappa shape index (κ3) is 4.88. The lowest BCUT2D eigenvalue weighted by Crippen LogP contribution is -2.16. The Morgan fingerprint density at radius 3 is 2.68 bits per heavy atom. The number of hydrogen-bond donors (Lipinski definition) is 2. The van der Waals surface area contributed by atoms with Crippen molar-refractivity contribution in [2.75, 3.05) is 17.7 Å². The second-order valence-corrected chi connectivity index (χ2v) is 5.92. The number of anilines is 2. The van der Waals surface area contributed by atoms with E-state index < -0.39 is 11.9 Å². The summed E-state index contributed by atoms with van der Waals surface area (Å²) in [4.78, 5) is 37.0. The summed E-state index contributed by atoms with van der Waals surface area (Å²) in [6, 6.07) is 13.7. The van der Waals surface area contributed by atoms with Crippen molar-refractivity contribution in [3.8, 4) is 0 Å². The summed E-state index contributed by atoms with van der Waals surface area (Å²) in [7, 11) is 1.30. The van der Waals surface area contributed by atoms with Crippen LogP contribution in [0.4, 0.5) is 11.6 Å². The lowest BCUT2D eigenvalue weighted by molar-refractivity contribution is 0.0600. The Balaban J connectivity index is 1.73. The third-order valence-electron chi connectivity index (χ3n) is 3.78. The molecule has 2 aromatic heterocycles. The zero-order valence-electron chi connectivity index (χ0n) is 15.5. The van der Waals surface area contributed by atoms with Gasteiger partial charge in [0.2, 0.25) is 5.95 Å². The number of amides is 1. The molecule has 1 amide bonds. The number of pyridine rings is 1. The highest BCUT2D eigenvalue weighted by Crippen LogP contribution is 2.14. The van der Waals surface area contributed by atoms with Crippen LogP contribution < -0.4 is 10.6 Å². The first kappa shape index (κ1) is 19.0. The molecule has 0 bridgehead atoms. The number of esters is 1. The van der Waals surface area contributed by atoms with Crippen LogP contribution in [0.3, 0.4) is 0 Å². The highest BCUT2D eigenvalue weighted by Gasteiger charge is 2.13. The lowest BCUT2D eigenvalue weighted by atomic mass is 10.2. The molecule has 0 unspecified atom stereocenters. The molecule has 0 saturated heterocycles. The zero-order valence-corrected chi connectivity index (χ0v) is 15.5. The van der Waals surface area contributed by atoms with Crippen LogP contribution in [0.25, 0.3) is 0 Å². The van der Waals surface area contributed by atoms with Gasteiger partial charge < -0.3 is 15.4 Å². The van der Waals surface area contributed by atoms with Gasteiger partial charge in [0.25, 0.3) is 5.91 Å². The maximum Gasteiger partial charge on any atom is 0.337 e. The van der Waals surface area contributed by atoms with E-state index in [0.717, 1.165) is 5.69 Å². The largest absolute Gasteiger partial charge is 0.465 e. The van der Waals surface area contributed by atoms with E-state index in [4.69, 9.17) is 4.74 Å². The average molecular weight is 377 g/mol. The molecule has 0 atom stereocenters. The van der Waals surface area contributed by atoms with E-state index in [2.05, 4.69) is 25.6 Å². The van der Waals surface area contributed by atoms with Crippen molar-refractivity contribution in [2.45, 2.75) is 13.5 Å². The number of ether oxygens (including phenoxy) is 1. The van der Waals surface area contributed by atoms with Crippen LogP contribution in [0, 0.1) is 6.92 Å². The molecule has 0 spiro atoms. The summed E-state index contributed by atoms with van der Waals surface area (Å²) in [5.41, 5.74) is 2.49. The predicted molar refractivity (Wildman–Crippen MR) is 104 cm³/mol. The summed E-state index contributed by atoms with van der Waals surface area (Å²) < 4.78 is 4.69. The minimum Gasteiger partial charge on any atom is -0.465 e. The minimum atomic E-state index is -0.477. The van der Waals surface area contributed by atoms with Crippen LogP contribution in [-0.2, 0) is 11.3 Å². The molecule has 142 valence electrons. The molecule has 2 heterocycles. The number of carbonyl (C=O) groups excluding carboxylic acids is 2. The topological polar surface area (TPSA) is 106 Å². The molecule has 0 fully saturated rings. The molecule has 28 heavy (non-hydrogen) atoms. The van der Waals surface area contributed by atoms with Gasteiger partial charge in [-0.25, -0.2) is 14.8 Å².